The van der Waals surface area contributed by atoms with Crippen LogP contribution >= 0.6 is 23.4 Å². The minimum Gasteiger partial charge on any atom is -0.312 e. The van der Waals surface area contributed by atoms with Crippen molar-refractivity contribution in [2.45, 2.75) is 11.4 Å². The number of thioether (sulfide) groups is 1. The van der Waals surface area contributed by atoms with E-state index in [0.29, 0.717) is 12.1 Å². The van der Waals surface area contributed by atoms with Crippen molar-refractivity contribution in [3.05, 3.63) is 64.9 Å². The third kappa shape index (κ3) is 4.53. The molecular weight excluding hydrogens is 281 g/mol. The number of halogens is 2. The average molecular weight is 296 g/mol. The van der Waals surface area contributed by atoms with Crippen LogP contribution < -0.4 is 5.32 Å². The lowest BCUT2D eigenvalue weighted by Crippen LogP contribution is -2.17. The standard InChI is InChI=1S/C15H15ClFNS/c16-14-8-4-5-12(15(14)17)11-18-9-10-19-13-6-2-1-3-7-13/h1-8,18H,9-11H2. The highest BCUT2D eigenvalue weighted by Crippen LogP contribution is 2.18. The fraction of sp³-hybridized carbons (Fsp3) is 0.200. The van der Waals surface area contributed by atoms with Gasteiger partial charge in [0.2, 0.25) is 0 Å². The first-order valence-electron chi connectivity index (χ1n) is 6.09. The summed E-state index contributed by atoms with van der Waals surface area (Å²) in [6.45, 7) is 1.33. The van der Waals surface area contributed by atoms with Crippen LogP contribution in [0.25, 0.3) is 0 Å². The van der Waals surface area contributed by atoms with Crippen molar-refractivity contribution < 1.29 is 4.39 Å². The van der Waals surface area contributed by atoms with E-state index in [2.05, 4.69) is 17.4 Å². The molecule has 2 aromatic rings. The summed E-state index contributed by atoms with van der Waals surface area (Å²) in [5, 5.41) is 3.40. The van der Waals surface area contributed by atoms with Crippen LogP contribution in [0, 0.1) is 5.82 Å². The van der Waals surface area contributed by atoms with Gasteiger partial charge in [-0.25, -0.2) is 4.39 Å². The molecule has 0 aromatic heterocycles. The van der Waals surface area contributed by atoms with Crippen molar-refractivity contribution in [3.63, 3.8) is 0 Å². The molecule has 100 valence electrons. The second-order valence-electron chi connectivity index (χ2n) is 4.05. The molecule has 0 aliphatic heterocycles. The van der Waals surface area contributed by atoms with Crippen LogP contribution in [0.2, 0.25) is 5.02 Å². The minimum absolute atomic E-state index is 0.179. The SMILES string of the molecule is Fc1c(Cl)cccc1CNCCSc1ccccc1. The first kappa shape index (κ1) is 14.4. The lowest BCUT2D eigenvalue weighted by Gasteiger charge is -2.07. The van der Waals surface area contributed by atoms with E-state index in [4.69, 9.17) is 11.6 Å². The molecule has 0 aliphatic carbocycles. The first-order valence-corrected chi connectivity index (χ1v) is 7.45. The monoisotopic (exact) mass is 295 g/mol. The van der Waals surface area contributed by atoms with Gasteiger partial charge in [-0.05, 0) is 18.2 Å². The third-order valence-electron chi connectivity index (χ3n) is 2.64. The zero-order valence-electron chi connectivity index (χ0n) is 10.4. The van der Waals surface area contributed by atoms with Gasteiger partial charge in [0, 0.05) is 29.3 Å². The number of nitrogens with one attached hydrogen (secondary N) is 1. The molecule has 0 amide bonds. The van der Waals surface area contributed by atoms with Gasteiger partial charge >= 0.3 is 0 Å². The molecule has 1 nitrogen and oxygen atoms in total. The molecule has 0 unspecified atom stereocenters. The van der Waals surface area contributed by atoms with E-state index in [-0.39, 0.29) is 10.8 Å². The Labute approximate surface area is 122 Å². The van der Waals surface area contributed by atoms with Crippen molar-refractivity contribution in [3.8, 4) is 0 Å². The molecule has 0 radical (unpaired) electrons. The highest BCUT2D eigenvalue weighted by atomic mass is 35.5. The Morgan fingerprint density at radius 1 is 1.05 bits per heavy atom. The Kier molecular flexibility index (Phi) is 5.70. The topological polar surface area (TPSA) is 12.0 Å². The summed E-state index contributed by atoms with van der Waals surface area (Å²) in [6, 6.07) is 15.3. The zero-order valence-corrected chi connectivity index (χ0v) is 12.0. The fourth-order valence-corrected chi connectivity index (χ4v) is 2.69. The molecule has 19 heavy (non-hydrogen) atoms. The van der Waals surface area contributed by atoms with Crippen LogP contribution in [0.15, 0.2) is 53.4 Å². The highest BCUT2D eigenvalue weighted by Gasteiger charge is 2.04. The van der Waals surface area contributed by atoms with Gasteiger partial charge in [0.05, 0.1) is 5.02 Å². The van der Waals surface area contributed by atoms with Gasteiger partial charge < -0.3 is 5.32 Å². The van der Waals surface area contributed by atoms with E-state index in [1.54, 1.807) is 30.0 Å². The van der Waals surface area contributed by atoms with Crippen LogP contribution in [0.1, 0.15) is 5.56 Å². The maximum atomic E-state index is 13.6. The summed E-state index contributed by atoms with van der Waals surface area (Å²) < 4.78 is 13.6. The lowest BCUT2D eigenvalue weighted by molar-refractivity contribution is 0.594. The van der Waals surface area contributed by atoms with Crippen molar-refractivity contribution in [1.29, 1.82) is 0 Å². The Morgan fingerprint density at radius 2 is 1.84 bits per heavy atom. The van der Waals surface area contributed by atoms with Gasteiger partial charge in [0.15, 0.2) is 0 Å². The number of hydrogen-bond acceptors (Lipinski definition) is 2. The summed E-state index contributed by atoms with van der Waals surface area (Å²) in [5.74, 6) is 0.624. The summed E-state index contributed by atoms with van der Waals surface area (Å²) in [4.78, 5) is 1.25. The molecule has 2 rings (SSSR count). The molecule has 2 aromatic carbocycles. The van der Waals surface area contributed by atoms with Crippen LogP contribution in [-0.2, 0) is 6.54 Å². The number of hydrogen-bond donors (Lipinski definition) is 1. The molecular formula is C15H15ClFNS. The van der Waals surface area contributed by atoms with E-state index in [1.807, 2.05) is 18.2 Å². The van der Waals surface area contributed by atoms with Crippen LogP contribution in [-0.4, -0.2) is 12.3 Å². The molecule has 0 heterocycles. The Balaban J connectivity index is 1.71. The maximum absolute atomic E-state index is 13.6. The Bertz CT molecular complexity index is 519. The summed E-state index contributed by atoms with van der Waals surface area (Å²) >= 11 is 7.51. The molecule has 0 fully saturated rings. The summed E-state index contributed by atoms with van der Waals surface area (Å²) in [7, 11) is 0. The smallest absolute Gasteiger partial charge is 0.146 e. The van der Waals surface area contributed by atoms with E-state index in [0.717, 1.165) is 12.3 Å². The number of benzene rings is 2. The van der Waals surface area contributed by atoms with Crippen molar-refractivity contribution in [2.75, 3.05) is 12.3 Å². The van der Waals surface area contributed by atoms with Gasteiger partial charge in [-0.1, -0.05) is 41.9 Å². The van der Waals surface area contributed by atoms with Crippen molar-refractivity contribution in [1.82, 2.24) is 5.32 Å². The Hall–Kier alpha value is -1.03. The highest BCUT2D eigenvalue weighted by molar-refractivity contribution is 7.99. The van der Waals surface area contributed by atoms with Gasteiger partial charge in [0.25, 0.3) is 0 Å². The molecule has 4 heteroatoms. The first-order chi connectivity index (χ1) is 9.27. The molecule has 0 spiro atoms. The molecule has 0 atom stereocenters. The second kappa shape index (κ2) is 7.53. The maximum Gasteiger partial charge on any atom is 0.146 e. The quantitative estimate of drug-likeness (QED) is 0.628. The van der Waals surface area contributed by atoms with Gasteiger partial charge in [0.1, 0.15) is 5.82 Å². The second-order valence-corrected chi connectivity index (χ2v) is 5.63. The Morgan fingerprint density at radius 3 is 2.63 bits per heavy atom. The average Bonchev–Trinajstić information content (AvgIpc) is 2.44. The lowest BCUT2D eigenvalue weighted by atomic mass is 10.2. The minimum atomic E-state index is -0.327. The largest absolute Gasteiger partial charge is 0.312 e. The van der Waals surface area contributed by atoms with Crippen LogP contribution in [0.3, 0.4) is 0 Å². The molecule has 0 saturated carbocycles. The van der Waals surface area contributed by atoms with Crippen molar-refractivity contribution >= 4 is 23.4 Å². The summed E-state index contributed by atoms with van der Waals surface area (Å²) in [6.07, 6.45) is 0. The van der Waals surface area contributed by atoms with E-state index < -0.39 is 0 Å². The van der Waals surface area contributed by atoms with Gasteiger partial charge in [-0.2, -0.15) is 0 Å². The molecule has 0 saturated heterocycles. The normalized spacial score (nSPS) is 10.6. The predicted molar refractivity (Wildman–Crippen MR) is 80.3 cm³/mol. The van der Waals surface area contributed by atoms with Gasteiger partial charge in [-0.3, -0.25) is 0 Å². The molecule has 0 bridgehead atoms. The predicted octanol–water partition coefficient (Wildman–Crippen LogP) is 4.36. The van der Waals surface area contributed by atoms with Crippen LogP contribution in [0.5, 0.6) is 0 Å². The van der Waals surface area contributed by atoms with Crippen molar-refractivity contribution in [2.24, 2.45) is 0 Å². The third-order valence-corrected chi connectivity index (χ3v) is 3.94. The van der Waals surface area contributed by atoms with E-state index in [1.165, 1.54) is 4.90 Å². The molecule has 0 aliphatic rings. The number of rotatable bonds is 6. The molecule has 1 N–H and O–H groups in total. The summed E-state index contributed by atoms with van der Waals surface area (Å²) in [5.41, 5.74) is 0.609. The zero-order chi connectivity index (χ0) is 13.5. The fourth-order valence-electron chi connectivity index (χ4n) is 1.67. The van der Waals surface area contributed by atoms with Gasteiger partial charge in [-0.15, -0.1) is 11.8 Å². The van der Waals surface area contributed by atoms with Crippen LogP contribution in [0.4, 0.5) is 4.39 Å². The van der Waals surface area contributed by atoms with E-state index in [9.17, 15) is 4.39 Å². The van der Waals surface area contributed by atoms with E-state index >= 15 is 0 Å².